The van der Waals surface area contributed by atoms with Crippen molar-refractivity contribution in [1.29, 1.82) is 0 Å². The lowest BCUT2D eigenvalue weighted by Crippen LogP contribution is -2.46. The quantitative estimate of drug-likeness (QED) is 0.923. The van der Waals surface area contributed by atoms with E-state index in [4.69, 9.17) is 20.9 Å². The Kier molecular flexibility index (Phi) is 5.09. The van der Waals surface area contributed by atoms with Gasteiger partial charge in [0.1, 0.15) is 0 Å². The number of aromatic nitrogens is 2. The van der Waals surface area contributed by atoms with Crippen molar-refractivity contribution in [2.75, 3.05) is 32.8 Å². The van der Waals surface area contributed by atoms with E-state index in [2.05, 4.69) is 15.5 Å². The molecule has 0 aliphatic carbocycles. The zero-order valence-electron chi connectivity index (χ0n) is 12.5. The summed E-state index contributed by atoms with van der Waals surface area (Å²) in [5, 5.41) is 7.33. The second-order valence-corrected chi connectivity index (χ2v) is 5.48. The van der Waals surface area contributed by atoms with Crippen LogP contribution in [0.2, 0.25) is 5.02 Å². The highest BCUT2D eigenvalue weighted by Gasteiger charge is 2.16. The fraction of sp³-hybridized carbons (Fsp3) is 0.400. The molecule has 2 amide bonds. The molecule has 0 unspecified atom stereocenters. The van der Waals surface area contributed by atoms with Crippen LogP contribution in [0.25, 0.3) is 11.4 Å². The van der Waals surface area contributed by atoms with E-state index in [9.17, 15) is 4.79 Å². The predicted octanol–water partition coefficient (Wildman–Crippen LogP) is 1.97. The number of hydrogen-bond donors (Lipinski definition) is 1. The zero-order chi connectivity index (χ0) is 16.1. The first-order valence-electron chi connectivity index (χ1n) is 7.42. The molecule has 7 nitrogen and oxygen atoms in total. The van der Waals surface area contributed by atoms with Crippen LogP contribution >= 0.6 is 11.6 Å². The molecule has 8 heteroatoms. The van der Waals surface area contributed by atoms with Gasteiger partial charge in [0.25, 0.3) is 0 Å². The fourth-order valence-corrected chi connectivity index (χ4v) is 2.48. The SMILES string of the molecule is O=C(NCCc1nc(-c2ccccc2Cl)no1)N1CCOCC1. The number of nitrogens with zero attached hydrogens (tertiary/aromatic N) is 3. The molecule has 1 aromatic heterocycles. The molecule has 0 bridgehead atoms. The molecule has 1 aliphatic rings. The number of amides is 2. The number of benzene rings is 1. The average Bonchev–Trinajstić information content (AvgIpc) is 3.04. The standard InChI is InChI=1S/C15H17ClN4O3/c16-12-4-2-1-3-11(12)14-18-13(23-19-14)5-6-17-15(21)20-7-9-22-10-8-20/h1-4H,5-10H2,(H,17,21). The Bertz CT molecular complexity index is 670. The lowest BCUT2D eigenvalue weighted by atomic mass is 10.2. The van der Waals surface area contributed by atoms with Gasteiger partial charge in [-0.2, -0.15) is 4.98 Å². The van der Waals surface area contributed by atoms with Crippen LogP contribution in [0.3, 0.4) is 0 Å². The molecule has 0 atom stereocenters. The summed E-state index contributed by atoms with van der Waals surface area (Å²) in [6, 6.07) is 7.21. The number of rotatable bonds is 4. The first-order chi connectivity index (χ1) is 11.2. The molecule has 2 heterocycles. The molecule has 0 saturated carbocycles. The highest BCUT2D eigenvalue weighted by molar-refractivity contribution is 6.33. The van der Waals surface area contributed by atoms with Crippen LogP contribution in [0.5, 0.6) is 0 Å². The summed E-state index contributed by atoms with van der Waals surface area (Å²) in [4.78, 5) is 18.0. The summed E-state index contributed by atoms with van der Waals surface area (Å²) in [6.07, 6.45) is 0.466. The Hall–Kier alpha value is -2.12. The van der Waals surface area contributed by atoms with Crippen LogP contribution in [0, 0.1) is 0 Å². The van der Waals surface area contributed by atoms with Gasteiger partial charge in [-0.05, 0) is 12.1 Å². The molecule has 2 aromatic rings. The van der Waals surface area contributed by atoms with Crippen molar-refractivity contribution in [3.05, 3.63) is 35.2 Å². The summed E-state index contributed by atoms with van der Waals surface area (Å²) in [5.74, 6) is 0.910. The molecule has 0 radical (unpaired) electrons. The molecular formula is C15H17ClN4O3. The lowest BCUT2D eigenvalue weighted by Gasteiger charge is -2.26. The summed E-state index contributed by atoms with van der Waals surface area (Å²) in [7, 11) is 0. The van der Waals surface area contributed by atoms with E-state index in [0.717, 1.165) is 5.56 Å². The monoisotopic (exact) mass is 336 g/mol. The number of ether oxygens (including phenoxy) is 1. The molecule has 1 saturated heterocycles. The Morgan fingerprint density at radius 2 is 2.09 bits per heavy atom. The van der Waals surface area contributed by atoms with E-state index in [1.165, 1.54) is 0 Å². The largest absolute Gasteiger partial charge is 0.378 e. The minimum absolute atomic E-state index is 0.0980. The lowest BCUT2D eigenvalue weighted by molar-refractivity contribution is 0.0532. The molecule has 3 rings (SSSR count). The summed E-state index contributed by atoms with van der Waals surface area (Å²) in [6.45, 7) is 2.82. The van der Waals surface area contributed by atoms with E-state index in [-0.39, 0.29) is 6.03 Å². The maximum absolute atomic E-state index is 11.9. The maximum atomic E-state index is 11.9. The van der Waals surface area contributed by atoms with Crippen molar-refractivity contribution >= 4 is 17.6 Å². The first kappa shape index (κ1) is 15.8. The van der Waals surface area contributed by atoms with E-state index >= 15 is 0 Å². The average molecular weight is 337 g/mol. The number of morpholine rings is 1. The predicted molar refractivity (Wildman–Crippen MR) is 84.2 cm³/mol. The minimum Gasteiger partial charge on any atom is -0.378 e. The normalized spacial score (nSPS) is 14.7. The molecule has 0 spiro atoms. The summed E-state index contributed by atoms with van der Waals surface area (Å²) < 4.78 is 10.4. The Morgan fingerprint density at radius 3 is 2.87 bits per heavy atom. The van der Waals surface area contributed by atoms with Crippen LogP contribution in [-0.2, 0) is 11.2 Å². The number of carbonyl (C=O) groups excluding carboxylic acids is 1. The van der Waals surface area contributed by atoms with E-state index in [1.807, 2.05) is 18.2 Å². The Labute approximate surface area is 138 Å². The van der Waals surface area contributed by atoms with Gasteiger partial charge in [0.15, 0.2) is 0 Å². The minimum atomic E-state index is -0.0980. The van der Waals surface area contributed by atoms with Crippen LogP contribution in [0.15, 0.2) is 28.8 Å². The van der Waals surface area contributed by atoms with Gasteiger partial charge in [-0.15, -0.1) is 0 Å². The van der Waals surface area contributed by atoms with Crippen LogP contribution < -0.4 is 5.32 Å². The topological polar surface area (TPSA) is 80.5 Å². The van der Waals surface area contributed by atoms with E-state index in [1.54, 1.807) is 11.0 Å². The summed E-state index contributed by atoms with van der Waals surface area (Å²) >= 11 is 6.11. The van der Waals surface area contributed by atoms with E-state index < -0.39 is 0 Å². The van der Waals surface area contributed by atoms with Crippen LogP contribution in [0.4, 0.5) is 4.79 Å². The third kappa shape index (κ3) is 4.00. The smallest absolute Gasteiger partial charge is 0.317 e. The molecule has 1 N–H and O–H groups in total. The van der Waals surface area contributed by atoms with Crippen molar-refractivity contribution in [3.63, 3.8) is 0 Å². The molecule has 122 valence electrons. The fourth-order valence-electron chi connectivity index (χ4n) is 2.26. The van der Waals surface area contributed by atoms with Gasteiger partial charge in [0.2, 0.25) is 11.7 Å². The van der Waals surface area contributed by atoms with Crippen molar-refractivity contribution in [2.24, 2.45) is 0 Å². The number of halogens is 1. The molecule has 1 aromatic carbocycles. The number of urea groups is 1. The molecular weight excluding hydrogens is 320 g/mol. The second-order valence-electron chi connectivity index (χ2n) is 5.07. The number of carbonyl (C=O) groups is 1. The summed E-state index contributed by atoms with van der Waals surface area (Å²) in [5.41, 5.74) is 0.724. The Balaban J connectivity index is 1.51. The van der Waals surface area contributed by atoms with Gasteiger partial charge in [0, 0.05) is 31.6 Å². The van der Waals surface area contributed by atoms with Crippen molar-refractivity contribution in [3.8, 4) is 11.4 Å². The van der Waals surface area contributed by atoms with Gasteiger partial charge in [-0.3, -0.25) is 0 Å². The van der Waals surface area contributed by atoms with E-state index in [0.29, 0.717) is 56.0 Å². The van der Waals surface area contributed by atoms with Crippen molar-refractivity contribution < 1.29 is 14.1 Å². The number of nitrogens with one attached hydrogen (secondary N) is 1. The van der Waals surface area contributed by atoms with Gasteiger partial charge in [0.05, 0.1) is 18.2 Å². The second kappa shape index (κ2) is 7.43. The van der Waals surface area contributed by atoms with Crippen molar-refractivity contribution in [1.82, 2.24) is 20.4 Å². The van der Waals surface area contributed by atoms with Crippen LogP contribution in [0.1, 0.15) is 5.89 Å². The highest BCUT2D eigenvalue weighted by Crippen LogP contribution is 2.24. The number of hydrogen-bond acceptors (Lipinski definition) is 5. The first-order valence-corrected chi connectivity index (χ1v) is 7.80. The van der Waals surface area contributed by atoms with Gasteiger partial charge < -0.3 is 19.5 Å². The molecule has 1 fully saturated rings. The third-order valence-corrected chi connectivity index (χ3v) is 3.83. The van der Waals surface area contributed by atoms with Gasteiger partial charge in [-0.25, -0.2) is 4.79 Å². The van der Waals surface area contributed by atoms with Crippen LogP contribution in [-0.4, -0.2) is 53.9 Å². The zero-order valence-corrected chi connectivity index (χ0v) is 13.3. The van der Waals surface area contributed by atoms with Gasteiger partial charge in [-0.1, -0.05) is 28.9 Å². The molecule has 23 heavy (non-hydrogen) atoms. The van der Waals surface area contributed by atoms with Crippen molar-refractivity contribution in [2.45, 2.75) is 6.42 Å². The maximum Gasteiger partial charge on any atom is 0.317 e. The third-order valence-electron chi connectivity index (χ3n) is 3.50. The highest BCUT2D eigenvalue weighted by atomic mass is 35.5. The molecule has 1 aliphatic heterocycles. The Morgan fingerprint density at radius 1 is 1.30 bits per heavy atom. The van der Waals surface area contributed by atoms with Gasteiger partial charge >= 0.3 is 6.03 Å².